The Morgan fingerprint density at radius 1 is 0.662 bits per heavy atom. The van der Waals surface area contributed by atoms with Crippen LogP contribution in [0.1, 0.15) is 70.7 Å². The smallest absolute Gasteiger partial charge is 0.356 e. The molecule has 1 fully saturated rings. The highest BCUT2D eigenvalue weighted by Crippen LogP contribution is 2.43. The Balaban J connectivity index is 0.969. The van der Waals surface area contributed by atoms with Crippen LogP contribution in [0.3, 0.4) is 0 Å². The fraction of sp³-hybridized carbons (Fsp3) is 0.161. The molecule has 386 valence electrons. The average Bonchev–Trinajstić information content (AvgIpc) is 3.95. The molecule has 77 heavy (non-hydrogen) atoms. The molecule has 2 aliphatic heterocycles. The van der Waals surface area contributed by atoms with Gasteiger partial charge in [-0.25, -0.2) is 14.6 Å². The van der Waals surface area contributed by atoms with Crippen LogP contribution in [0.15, 0.2) is 234 Å². The minimum Gasteiger partial charge on any atom is -0.450 e. The molecule has 12 nitrogen and oxygen atoms in total. The van der Waals surface area contributed by atoms with Crippen LogP contribution in [0.25, 0.3) is 0 Å². The molecule has 0 radical (unpaired) electrons. The second-order valence-corrected chi connectivity index (χ2v) is 21.4. The first-order valence-electron chi connectivity index (χ1n) is 24.9. The molecule has 2 N–H and O–H groups in total. The van der Waals surface area contributed by atoms with Crippen molar-refractivity contribution in [1.82, 2.24) is 15.2 Å². The third kappa shape index (κ3) is 11.2. The van der Waals surface area contributed by atoms with Gasteiger partial charge in [0.05, 0.1) is 0 Å². The van der Waals surface area contributed by atoms with Gasteiger partial charge in [0.1, 0.15) is 28.3 Å². The topological polar surface area (TPSA) is 149 Å². The van der Waals surface area contributed by atoms with Gasteiger partial charge in [0.2, 0.25) is 5.60 Å². The monoisotopic (exact) mass is 1170 g/mol. The van der Waals surface area contributed by atoms with Crippen LogP contribution in [0.2, 0.25) is 0 Å². The molecule has 2 atom stereocenters. The fourth-order valence-corrected chi connectivity index (χ4v) is 12.4. The van der Waals surface area contributed by atoms with Gasteiger partial charge in [0.15, 0.2) is 23.1 Å². The molecule has 0 saturated carbocycles. The molecule has 7 aromatic carbocycles. The van der Waals surface area contributed by atoms with E-state index in [1.54, 1.807) is 5.38 Å². The van der Waals surface area contributed by atoms with Crippen LogP contribution >= 0.6 is 45.7 Å². The summed E-state index contributed by atoms with van der Waals surface area (Å²) in [4.78, 5) is 70.7. The molecule has 0 unspecified atom stereocenters. The average molecular weight is 1170 g/mol. The van der Waals surface area contributed by atoms with Gasteiger partial charge < -0.3 is 24.9 Å². The Hall–Kier alpha value is -7.86. The zero-order chi connectivity index (χ0) is 53.4. The number of aromatic nitrogens is 1. The summed E-state index contributed by atoms with van der Waals surface area (Å²) >= 11 is 4.87. The number of hydrogen-bond donors (Lipinski definition) is 2. The van der Waals surface area contributed by atoms with Gasteiger partial charge in [-0.05, 0) is 58.4 Å². The summed E-state index contributed by atoms with van der Waals surface area (Å²) in [6, 6.07) is 66.6. The van der Waals surface area contributed by atoms with Crippen LogP contribution in [-0.2, 0) is 39.0 Å². The number of nitrogens with zero attached hydrogens (tertiary/aromatic N) is 3. The number of amides is 2. The lowest BCUT2D eigenvalue weighted by Crippen LogP contribution is -2.71. The van der Waals surface area contributed by atoms with Crippen LogP contribution in [-0.4, -0.2) is 66.5 Å². The van der Waals surface area contributed by atoms with Crippen molar-refractivity contribution < 1.29 is 33.5 Å². The quantitative estimate of drug-likeness (QED) is 0.0152. The van der Waals surface area contributed by atoms with Crippen molar-refractivity contribution in [2.24, 2.45) is 5.16 Å². The summed E-state index contributed by atoms with van der Waals surface area (Å²) in [5, 5.41) is 12.5. The molecule has 8 aromatic rings. The molecule has 2 aliphatic rings. The number of benzene rings is 7. The number of oxime groups is 1. The van der Waals surface area contributed by atoms with E-state index in [1.165, 1.54) is 41.8 Å². The number of rotatable bonds is 19. The predicted octanol–water partition coefficient (Wildman–Crippen LogP) is 11.8. The SMILES string of the molecule is CC(C)(O/N=C(/C(=O)N[C@@H]1C(=O)N2C(C(=O)OC(c3ccccc3)c3ccccc3)=C(CI)CS[C@H]12)c1csc(NC(c2ccccc2)(c2ccccc2)c2ccccc2)n1)C(=O)OC(c1ccccc1)c1ccccc1. The third-order valence-corrected chi connectivity index (χ3v) is 16.3. The Kier molecular flexibility index (Phi) is 16.1. The number of esters is 2. The van der Waals surface area contributed by atoms with Gasteiger partial charge in [-0.2, -0.15) is 0 Å². The number of anilines is 1. The molecule has 10 rings (SSSR count). The number of nitrogens with one attached hydrogen (secondary N) is 2. The van der Waals surface area contributed by atoms with E-state index in [9.17, 15) is 19.2 Å². The Labute approximate surface area is 468 Å². The largest absolute Gasteiger partial charge is 0.450 e. The van der Waals surface area contributed by atoms with Crippen molar-refractivity contribution in [2.75, 3.05) is 15.5 Å². The summed E-state index contributed by atoms with van der Waals surface area (Å²) in [6.07, 6.45) is -1.52. The molecule has 15 heteroatoms. The number of halogens is 1. The van der Waals surface area contributed by atoms with E-state index in [4.69, 9.17) is 19.3 Å². The molecule has 1 aromatic heterocycles. The molecule has 0 aliphatic carbocycles. The zero-order valence-corrected chi connectivity index (χ0v) is 45.7. The number of hydrogen-bond acceptors (Lipinski definition) is 12. The number of carbonyl (C=O) groups excluding carboxylic acids is 4. The van der Waals surface area contributed by atoms with E-state index < -0.39 is 58.5 Å². The van der Waals surface area contributed by atoms with Gasteiger partial charge in [0.25, 0.3) is 11.8 Å². The molecule has 1 saturated heterocycles. The second kappa shape index (κ2) is 23.6. The Morgan fingerprint density at radius 2 is 1.09 bits per heavy atom. The number of thioether (sulfide) groups is 1. The lowest BCUT2D eigenvalue weighted by atomic mass is 9.77. The standard InChI is InChI=1S/C62H52IN5O7S2/c1-61(2,59(72)74-54(43-28-14-5-15-29-43)44-30-16-6-17-31-44)75-67-50(49-40-77-60(64-49)66-62(46-32-18-7-19-33-46,47-34-20-8-21-35-47)48-36-22-9-23-37-48)55(69)65-51-56(70)68-52(45(38-63)39-76-57(51)68)58(71)73-53(41-24-10-3-11-25-41)42-26-12-4-13-27-42/h3-37,40,51,53-54,57H,38-39H2,1-2H3,(H,64,66)(H,65,69)/b67-50+/t51-,57-/m1/s1. The van der Waals surface area contributed by atoms with Crippen molar-refractivity contribution in [3.8, 4) is 0 Å². The van der Waals surface area contributed by atoms with Crippen molar-refractivity contribution >= 4 is 80.3 Å². The number of thiazole rings is 1. The molecule has 3 heterocycles. The summed E-state index contributed by atoms with van der Waals surface area (Å²) in [7, 11) is 0. The van der Waals surface area contributed by atoms with Gasteiger partial charge in [-0.3, -0.25) is 14.5 Å². The minimum atomic E-state index is -1.75. The normalized spacial score (nSPS) is 15.6. The maximum atomic E-state index is 15.0. The van der Waals surface area contributed by atoms with E-state index in [2.05, 4.69) is 38.4 Å². The summed E-state index contributed by atoms with van der Waals surface area (Å²) in [5.74, 6) is -2.28. The molecular formula is C62H52IN5O7S2. The van der Waals surface area contributed by atoms with Gasteiger partial charge >= 0.3 is 11.9 Å². The summed E-state index contributed by atoms with van der Waals surface area (Å²) in [5.41, 5.74) is 3.84. The first-order chi connectivity index (χ1) is 37.6. The fourth-order valence-electron chi connectivity index (χ4n) is 9.35. The lowest BCUT2D eigenvalue weighted by Gasteiger charge is -2.49. The minimum absolute atomic E-state index is 0.109. The van der Waals surface area contributed by atoms with Crippen molar-refractivity contribution in [3.05, 3.63) is 274 Å². The van der Waals surface area contributed by atoms with Crippen LogP contribution in [0.5, 0.6) is 0 Å². The van der Waals surface area contributed by atoms with Crippen LogP contribution in [0.4, 0.5) is 5.13 Å². The van der Waals surface area contributed by atoms with Crippen LogP contribution in [0, 0.1) is 0 Å². The Morgan fingerprint density at radius 3 is 1.53 bits per heavy atom. The first kappa shape index (κ1) is 52.6. The molecule has 0 bridgehead atoms. The molecule has 2 amide bonds. The molecule has 0 spiro atoms. The predicted molar refractivity (Wildman–Crippen MR) is 309 cm³/mol. The number of ether oxygens (including phenoxy) is 2. The van der Waals surface area contributed by atoms with Gasteiger partial charge in [-0.1, -0.05) is 240 Å². The maximum absolute atomic E-state index is 15.0. The van der Waals surface area contributed by atoms with Gasteiger partial charge in [-0.15, -0.1) is 23.1 Å². The zero-order valence-electron chi connectivity index (χ0n) is 41.9. The number of alkyl halides is 1. The van der Waals surface area contributed by atoms with E-state index in [0.717, 1.165) is 44.5 Å². The maximum Gasteiger partial charge on any atom is 0.356 e. The van der Waals surface area contributed by atoms with Crippen molar-refractivity contribution in [2.45, 2.75) is 48.6 Å². The molecular weight excluding hydrogens is 1120 g/mol. The van der Waals surface area contributed by atoms with E-state index >= 15 is 0 Å². The van der Waals surface area contributed by atoms with Crippen LogP contribution < -0.4 is 10.6 Å². The summed E-state index contributed by atoms with van der Waals surface area (Å²) < 4.78 is 13.0. The highest BCUT2D eigenvalue weighted by Gasteiger charge is 2.55. The first-order valence-corrected chi connectivity index (χ1v) is 28.3. The number of carbonyl (C=O) groups is 4. The van der Waals surface area contributed by atoms with E-state index in [0.29, 0.717) is 15.3 Å². The second-order valence-electron chi connectivity index (χ2n) is 18.7. The Bertz CT molecular complexity index is 3230. The van der Waals surface area contributed by atoms with Crippen molar-refractivity contribution in [3.63, 3.8) is 0 Å². The number of fused-ring (bicyclic) bond motifs is 1. The van der Waals surface area contributed by atoms with E-state index in [-0.39, 0.29) is 17.1 Å². The highest BCUT2D eigenvalue weighted by molar-refractivity contribution is 14.1. The number of β-lactam (4-membered cyclic amide) rings is 1. The summed E-state index contributed by atoms with van der Waals surface area (Å²) in [6.45, 7) is 3.01. The van der Waals surface area contributed by atoms with E-state index in [1.807, 2.05) is 212 Å². The lowest BCUT2D eigenvalue weighted by molar-refractivity contribution is -0.172. The van der Waals surface area contributed by atoms with Gasteiger partial charge in [0, 0.05) is 15.6 Å². The highest BCUT2D eigenvalue weighted by atomic mass is 127. The van der Waals surface area contributed by atoms with Crippen molar-refractivity contribution in [1.29, 1.82) is 0 Å². The third-order valence-electron chi connectivity index (χ3n) is 13.3.